The molecule has 0 aromatic heterocycles. The molecule has 0 radical (unpaired) electrons. The number of carbonyl (C=O) groups excluding carboxylic acids is 1. The van der Waals surface area contributed by atoms with Gasteiger partial charge >= 0.3 is 0 Å². The maximum absolute atomic E-state index is 13.2. The number of nitrogens with zero attached hydrogens (tertiary/aromatic N) is 2. The SMILES string of the molecule is Cc1ccc([N+](=O)[O-])cc1N([C@@H](C)C(=O)NCC1(c2ccccc2)CCOCC1)S(C)(=O)=O. The Labute approximate surface area is 193 Å². The van der Waals surface area contributed by atoms with E-state index in [-0.39, 0.29) is 16.8 Å². The molecule has 1 heterocycles. The average molecular weight is 476 g/mol. The van der Waals surface area contributed by atoms with Gasteiger partial charge in [0.2, 0.25) is 15.9 Å². The minimum absolute atomic E-state index is 0.109. The Kier molecular flexibility index (Phi) is 7.38. The Hall–Kier alpha value is -2.98. The highest BCUT2D eigenvalue weighted by atomic mass is 32.2. The second-order valence-corrected chi connectivity index (χ2v) is 10.3. The normalized spacial score (nSPS) is 16.6. The molecule has 1 saturated heterocycles. The zero-order valence-corrected chi connectivity index (χ0v) is 19.8. The van der Waals surface area contributed by atoms with Crippen LogP contribution in [0.4, 0.5) is 11.4 Å². The lowest BCUT2D eigenvalue weighted by molar-refractivity contribution is -0.384. The van der Waals surface area contributed by atoms with Crippen LogP contribution in [0.15, 0.2) is 48.5 Å². The molecule has 1 aliphatic heterocycles. The number of carbonyl (C=O) groups is 1. The number of ether oxygens (including phenoxy) is 1. The van der Waals surface area contributed by atoms with Crippen molar-refractivity contribution in [1.82, 2.24) is 5.32 Å². The quantitative estimate of drug-likeness (QED) is 0.463. The molecule has 2 aromatic rings. The number of aryl methyl sites for hydroxylation is 1. The first-order valence-electron chi connectivity index (χ1n) is 10.7. The van der Waals surface area contributed by atoms with Crippen LogP contribution < -0.4 is 9.62 Å². The Balaban J connectivity index is 1.87. The van der Waals surface area contributed by atoms with Crippen LogP contribution in [-0.4, -0.2) is 51.3 Å². The summed E-state index contributed by atoms with van der Waals surface area (Å²) in [4.78, 5) is 23.8. The molecule has 0 saturated carbocycles. The van der Waals surface area contributed by atoms with Crippen molar-refractivity contribution in [3.8, 4) is 0 Å². The molecular formula is C23H29N3O6S. The number of nitro benzene ring substituents is 1. The van der Waals surface area contributed by atoms with E-state index in [1.165, 1.54) is 25.1 Å². The van der Waals surface area contributed by atoms with Crippen molar-refractivity contribution in [2.45, 2.75) is 38.1 Å². The molecule has 9 nitrogen and oxygen atoms in total. The predicted octanol–water partition coefficient (Wildman–Crippen LogP) is 2.92. The number of amides is 1. The van der Waals surface area contributed by atoms with E-state index < -0.39 is 26.9 Å². The van der Waals surface area contributed by atoms with Crippen LogP contribution in [-0.2, 0) is 25.0 Å². The molecule has 1 fully saturated rings. The van der Waals surface area contributed by atoms with Crippen LogP contribution >= 0.6 is 0 Å². The van der Waals surface area contributed by atoms with Crippen molar-refractivity contribution >= 4 is 27.3 Å². The van der Waals surface area contributed by atoms with Crippen molar-refractivity contribution in [3.63, 3.8) is 0 Å². The lowest BCUT2D eigenvalue weighted by Crippen LogP contribution is -2.52. The number of sulfonamides is 1. The van der Waals surface area contributed by atoms with E-state index >= 15 is 0 Å². The topological polar surface area (TPSA) is 119 Å². The fraction of sp³-hybridized carbons (Fsp3) is 0.435. The Morgan fingerprint density at radius 3 is 2.42 bits per heavy atom. The van der Waals surface area contributed by atoms with Gasteiger partial charge in [-0.15, -0.1) is 0 Å². The van der Waals surface area contributed by atoms with Gasteiger partial charge in [-0.1, -0.05) is 36.4 Å². The fourth-order valence-corrected chi connectivity index (χ4v) is 5.48. The third-order valence-electron chi connectivity index (χ3n) is 6.17. The van der Waals surface area contributed by atoms with E-state index in [9.17, 15) is 23.3 Å². The van der Waals surface area contributed by atoms with Gasteiger partial charge < -0.3 is 10.1 Å². The minimum atomic E-state index is -3.91. The molecule has 10 heteroatoms. The summed E-state index contributed by atoms with van der Waals surface area (Å²) < 4.78 is 31.8. The highest BCUT2D eigenvalue weighted by Gasteiger charge is 2.37. The number of benzene rings is 2. The first-order chi connectivity index (χ1) is 15.5. The summed E-state index contributed by atoms with van der Waals surface area (Å²) in [5.74, 6) is -0.479. The summed E-state index contributed by atoms with van der Waals surface area (Å²) in [5.41, 5.74) is 1.15. The number of hydrogen-bond donors (Lipinski definition) is 1. The molecule has 1 atom stereocenters. The third kappa shape index (κ3) is 5.51. The van der Waals surface area contributed by atoms with Crippen LogP contribution in [0.2, 0.25) is 0 Å². The van der Waals surface area contributed by atoms with E-state index in [2.05, 4.69) is 5.32 Å². The van der Waals surface area contributed by atoms with Crippen LogP contribution in [0, 0.1) is 17.0 Å². The molecule has 1 amide bonds. The summed E-state index contributed by atoms with van der Waals surface area (Å²) in [6.45, 7) is 4.60. The highest BCUT2D eigenvalue weighted by molar-refractivity contribution is 7.92. The second-order valence-electron chi connectivity index (χ2n) is 8.44. The van der Waals surface area contributed by atoms with Gasteiger partial charge in [-0.3, -0.25) is 19.2 Å². The molecule has 0 aliphatic carbocycles. The average Bonchev–Trinajstić information content (AvgIpc) is 2.79. The van der Waals surface area contributed by atoms with E-state index in [0.717, 1.165) is 29.0 Å². The van der Waals surface area contributed by atoms with Gasteiger partial charge in [-0.2, -0.15) is 0 Å². The molecular weight excluding hydrogens is 446 g/mol. The Morgan fingerprint density at radius 2 is 1.85 bits per heavy atom. The molecule has 0 spiro atoms. The molecule has 33 heavy (non-hydrogen) atoms. The number of anilines is 1. The zero-order valence-electron chi connectivity index (χ0n) is 19.0. The molecule has 2 aromatic carbocycles. The smallest absolute Gasteiger partial charge is 0.271 e. The number of nitrogens with one attached hydrogen (secondary N) is 1. The number of hydrogen-bond acceptors (Lipinski definition) is 6. The predicted molar refractivity (Wildman–Crippen MR) is 126 cm³/mol. The minimum Gasteiger partial charge on any atom is -0.381 e. The van der Waals surface area contributed by atoms with Gasteiger partial charge in [0.05, 0.1) is 16.9 Å². The standard InChI is InChI=1S/C23H29N3O6S/c1-17-9-10-20(26(28)29)15-21(17)25(33(3,30)31)18(2)22(27)24-16-23(11-13-32-14-12-23)19-7-5-4-6-8-19/h4-10,15,18H,11-14,16H2,1-3H3,(H,24,27)/t18-/m0/s1. The first-order valence-corrected chi connectivity index (χ1v) is 12.6. The summed E-state index contributed by atoms with van der Waals surface area (Å²) in [6, 6.07) is 12.7. The monoisotopic (exact) mass is 475 g/mol. The van der Waals surface area contributed by atoms with Gasteiger partial charge in [0.25, 0.3) is 5.69 Å². The highest BCUT2D eigenvalue weighted by Crippen LogP contribution is 2.34. The fourth-order valence-electron chi connectivity index (χ4n) is 4.26. The van der Waals surface area contributed by atoms with Crippen molar-refractivity contribution in [1.29, 1.82) is 0 Å². The van der Waals surface area contributed by atoms with Crippen LogP contribution in [0.25, 0.3) is 0 Å². The van der Waals surface area contributed by atoms with E-state index in [1.807, 2.05) is 30.3 Å². The first kappa shape index (κ1) is 24.7. The molecule has 1 N–H and O–H groups in total. The van der Waals surface area contributed by atoms with E-state index in [0.29, 0.717) is 25.3 Å². The van der Waals surface area contributed by atoms with Gasteiger partial charge in [0, 0.05) is 37.3 Å². The molecule has 1 aliphatic rings. The number of rotatable bonds is 8. The lowest BCUT2D eigenvalue weighted by atomic mass is 9.74. The second kappa shape index (κ2) is 9.88. The van der Waals surface area contributed by atoms with Gasteiger partial charge in [-0.05, 0) is 37.8 Å². The summed E-state index contributed by atoms with van der Waals surface area (Å²) in [6.07, 6.45) is 2.44. The van der Waals surface area contributed by atoms with Gasteiger partial charge in [-0.25, -0.2) is 8.42 Å². The van der Waals surface area contributed by atoms with E-state index in [1.54, 1.807) is 6.92 Å². The maximum Gasteiger partial charge on any atom is 0.271 e. The Bertz CT molecular complexity index is 1110. The van der Waals surface area contributed by atoms with Crippen molar-refractivity contribution in [2.75, 3.05) is 30.3 Å². The van der Waals surface area contributed by atoms with Crippen LogP contribution in [0.5, 0.6) is 0 Å². The van der Waals surface area contributed by atoms with Crippen molar-refractivity contribution in [3.05, 3.63) is 69.8 Å². The lowest BCUT2D eigenvalue weighted by Gasteiger charge is -2.38. The Morgan fingerprint density at radius 1 is 1.21 bits per heavy atom. The van der Waals surface area contributed by atoms with Crippen molar-refractivity contribution < 1.29 is 22.9 Å². The summed E-state index contributed by atoms with van der Waals surface area (Å²) in [7, 11) is -3.91. The molecule has 0 unspecified atom stereocenters. The van der Waals surface area contributed by atoms with Crippen LogP contribution in [0.1, 0.15) is 30.9 Å². The number of non-ortho nitro benzene ring substituents is 1. The largest absolute Gasteiger partial charge is 0.381 e. The zero-order chi connectivity index (χ0) is 24.2. The maximum atomic E-state index is 13.2. The molecule has 3 rings (SSSR count). The van der Waals surface area contributed by atoms with Gasteiger partial charge in [0.15, 0.2) is 0 Å². The van der Waals surface area contributed by atoms with Crippen molar-refractivity contribution in [2.24, 2.45) is 0 Å². The summed E-state index contributed by atoms with van der Waals surface area (Å²) >= 11 is 0. The molecule has 0 bridgehead atoms. The third-order valence-corrected chi connectivity index (χ3v) is 7.39. The number of nitro groups is 1. The van der Waals surface area contributed by atoms with Crippen LogP contribution in [0.3, 0.4) is 0 Å². The molecule has 178 valence electrons. The van der Waals surface area contributed by atoms with E-state index in [4.69, 9.17) is 4.74 Å². The summed E-state index contributed by atoms with van der Waals surface area (Å²) in [5, 5.41) is 14.2. The van der Waals surface area contributed by atoms with Gasteiger partial charge in [0.1, 0.15) is 6.04 Å².